The lowest BCUT2D eigenvalue weighted by molar-refractivity contribution is 0.382. The van der Waals surface area contributed by atoms with Crippen LogP contribution in [0.5, 0.6) is 0 Å². The van der Waals surface area contributed by atoms with Crippen LogP contribution in [0.2, 0.25) is 0 Å². The van der Waals surface area contributed by atoms with Crippen molar-refractivity contribution in [2.24, 2.45) is 18.8 Å². The van der Waals surface area contributed by atoms with E-state index in [1.807, 2.05) is 11.7 Å². The lowest BCUT2D eigenvalue weighted by atomic mass is 9.97. The van der Waals surface area contributed by atoms with Crippen molar-refractivity contribution in [1.29, 1.82) is 0 Å². The second kappa shape index (κ2) is 5.41. The minimum atomic E-state index is 0.325. The number of hydrazine groups is 1. The zero-order valence-electron chi connectivity index (χ0n) is 9.89. The average Bonchev–Trinajstić information content (AvgIpc) is 2.90. The molecule has 0 aromatic carbocycles. The lowest BCUT2D eigenvalue weighted by Gasteiger charge is -2.19. The highest BCUT2D eigenvalue weighted by Gasteiger charge is 2.20. The van der Waals surface area contributed by atoms with Gasteiger partial charge < -0.3 is 0 Å². The van der Waals surface area contributed by atoms with Crippen molar-refractivity contribution >= 4 is 0 Å². The average molecular weight is 223 g/mol. The monoisotopic (exact) mass is 223 g/mol. The Kier molecular flexibility index (Phi) is 3.90. The minimum Gasteiger partial charge on any atom is -0.271 e. The molecular formula is C11H21N5. The highest BCUT2D eigenvalue weighted by atomic mass is 15.3. The Hall–Kier alpha value is -0.940. The van der Waals surface area contributed by atoms with Crippen LogP contribution in [0.25, 0.3) is 0 Å². The maximum atomic E-state index is 5.61. The van der Waals surface area contributed by atoms with E-state index < -0.39 is 0 Å². The first-order valence-electron chi connectivity index (χ1n) is 6.08. The normalized spacial score (nSPS) is 19.1. The van der Waals surface area contributed by atoms with Crippen LogP contribution in [0.1, 0.15) is 37.9 Å². The molecule has 1 aliphatic carbocycles. The van der Waals surface area contributed by atoms with Gasteiger partial charge in [-0.2, -0.15) is 5.10 Å². The number of hydrogen-bond donors (Lipinski definition) is 2. The van der Waals surface area contributed by atoms with E-state index in [4.69, 9.17) is 5.84 Å². The molecule has 1 fully saturated rings. The van der Waals surface area contributed by atoms with E-state index in [-0.39, 0.29) is 0 Å². The van der Waals surface area contributed by atoms with Gasteiger partial charge in [0, 0.05) is 19.5 Å². The van der Waals surface area contributed by atoms with Crippen molar-refractivity contribution in [3.8, 4) is 0 Å². The smallest absolute Gasteiger partial charge is 0.138 e. The van der Waals surface area contributed by atoms with Crippen LogP contribution in [-0.2, 0) is 13.5 Å². The molecule has 1 aliphatic rings. The van der Waals surface area contributed by atoms with Crippen LogP contribution in [0.3, 0.4) is 0 Å². The fourth-order valence-electron chi connectivity index (χ4n) is 2.58. The summed E-state index contributed by atoms with van der Waals surface area (Å²) in [5.41, 5.74) is 2.91. The molecule has 0 spiro atoms. The van der Waals surface area contributed by atoms with Crippen LogP contribution in [0.15, 0.2) is 6.33 Å². The molecule has 0 saturated heterocycles. The van der Waals surface area contributed by atoms with Crippen LogP contribution < -0.4 is 11.3 Å². The van der Waals surface area contributed by atoms with Crippen LogP contribution >= 0.6 is 0 Å². The summed E-state index contributed by atoms with van der Waals surface area (Å²) in [6.45, 7) is 0. The molecule has 0 bridgehead atoms. The number of aromatic nitrogens is 3. The first-order valence-corrected chi connectivity index (χ1v) is 6.08. The van der Waals surface area contributed by atoms with Gasteiger partial charge in [-0.25, -0.2) is 4.98 Å². The first-order chi connectivity index (χ1) is 7.79. The van der Waals surface area contributed by atoms with Gasteiger partial charge in [0.15, 0.2) is 0 Å². The van der Waals surface area contributed by atoms with Gasteiger partial charge in [-0.15, -0.1) is 0 Å². The van der Waals surface area contributed by atoms with E-state index in [9.17, 15) is 0 Å². The van der Waals surface area contributed by atoms with Crippen molar-refractivity contribution in [2.75, 3.05) is 0 Å². The third-order valence-electron chi connectivity index (χ3n) is 3.56. The molecule has 1 aromatic rings. The molecule has 1 aromatic heterocycles. The van der Waals surface area contributed by atoms with Gasteiger partial charge in [-0.05, 0) is 12.3 Å². The van der Waals surface area contributed by atoms with Gasteiger partial charge in [0.05, 0.1) is 0 Å². The molecule has 16 heavy (non-hydrogen) atoms. The molecule has 2 rings (SSSR count). The maximum Gasteiger partial charge on any atom is 0.138 e. The van der Waals surface area contributed by atoms with E-state index >= 15 is 0 Å². The largest absolute Gasteiger partial charge is 0.271 e. The van der Waals surface area contributed by atoms with E-state index in [0.29, 0.717) is 6.04 Å². The summed E-state index contributed by atoms with van der Waals surface area (Å²) in [5.74, 6) is 7.45. The number of rotatable bonds is 5. The SMILES string of the molecule is Cn1ncnc1CC(CC1CCCC1)NN. The number of nitrogens with zero attached hydrogens (tertiary/aromatic N) is 3. The number of aryl methyl sites for hydroxylation is 1. The molecule has 1 atom stereocenters. The Morgan fingerprint density at radius 2 is 2.31 bits per heavy atom. The molecule has 1 unspecified atom stereocenters. The number of nitrogens with one attached hydrogen (secondary N) is 1. The minimum absolute atomic E-state index is 0.325. The number of hydrogen-bond acceptors (Lipinski definition) is 4. The molecule has 0 amide bonds. The van der Waals surface area contributed by atoms with Crippen LogP contribution in [0, 0.1) is 5.92 Å². The van der Waals surface area contributed by atoms with E-state index in [2.05, 4.69) is 15.5 Å². The molecule has 5 nitrogen and oxygen atoms in total. The summed E-state index contributed by atoms with van der Waals surface area (Å²) in [4.78, 5) is 4.23. The van der Waals surface area contributed by atoms with Crippen molar-refractivity contribution < 1.29 is 0 Å². The highest BCUT2D eigenvalue weighted by Crippen LogP contribution is 2.28. The third-order valence-corrected chi connectivity index (χ3v) is 3.56. The van der Waals surface area contributed by atoms with E-state index in [1.165, 1.54) is 25.7 Å². The van der Waals surface area contributed by atoms with Gasteiger partial charge in [0.2, 0.25) is 0 Å². The van der Waals surface area contributed by atoms with Crippen LogP contribution in [-0.4, -0.2) is 20.8 Å². The zero-order valence-corrected chi connectivity index (χ0v) is 9.89. The first kappa shape index (κ1) is 11.5. The van der Waals surface area contributed by atoms with Gasteiger partial charge in [0.25, 0.3) is 0 Å². The maximum absolute atomic E-state index is 5.61. The molecule has 1 heterocycles. The molecule has 0 radical (unpaired) electrons. The van der Waals surface area contributed by atoms with Crippen molar-refractivity contribution in [3.63, 3.8) is 0 Å². The second-order valence-electron chi connectivity index (χ2n) is 4.75. The van der Waals surface area contributed by atoms with Crippen molar-refractivity contribution in [1.82, 2.24) is 20.2 Å². The molecule has 3 N–H and O–H groups in total. The van der Waals surface area contributed by atoms with Crippen molar-refractivity contribution in [2.45, 2.75) is 44.6 Å². The highest BCUT2D eigenvalue weighted by molar-refractivity contribution is 4.89. The summed E-state index contributed by atoms with van der Waals surface area (Å²) in [6, 6.07) is 0.325. The predicted molar refractivity (Wildman–Crippen MR) is 62.4 cm³/mol. The van der Waals surface area contributed by atoms with Crippen LogP contribution in [0.4, 0.5) is 0 Å². The Labute approximate surface area is 96.4 Å². The predicted octanol–water partition coefficient (Wildman–Crippen LogP) is 0.770. The fourth-order valence-corrected chi connectivity index (χ4v) is 2.58. The third kappa shape index (κ3) is 2.80. The van der Waals surface area contributed by atoms with Crippen molar-refractivity contribution in [3.05, 3.63) is 12.2 Å². The fraction of sp³-hybridized carbons (Fsp3) is 0.818. The molecule has 90 valence electrons. The van der Waals surface area contributed by atoms with E-state index in [1.54, 1.807) is 6.33 Å². The molecular weight excluding hydrogens is 202 g/mol. The Morgan fingerprint density at radius 1 is 1.56 bits per heavy atom. The van der Waals surface area contributed by atoms with Gasteiger partial charge in [-0.3, -0.25) is 16.0 Å². The van der Waals surface area contributed by atoms with Gasteiger partial charge >= 0.3 is 0 Å². The van der Waals surface area contributed by atoms with E-state index in [0.717, 1.165) is 24.6 Å². The summed E-state index contributed by atoms with van der Waals surface area (Å²) >= 11 is 0. The standard InChI is InChI=1S/C11H21N5/c1-16-11(13-8-14-16)7-10(15-12)6-9-4-2-3-5-9/h8-10,15H,2-7,12H2,1H3. The summed E-state index contributed by atoms with van der Waals surface area (Å²) in [7, 11) is 1.92. The molecule has 5 heteroatoms. The Balaban J connectivity index is 1.87. The Bertz CT molecular complexity index is 316. The zero-order chi connectivity index (χ0) is 11.4. The number of nitrogens with two attached hydrogens (primary N) is 1. The quantitative estimate of drug-likeness (QED) is 0.571. The topological polar surface area (TPSA) is 68.8 Å². The molecule has 0 aliphatic heterocycles. The van der Waals surface area contributed by atoms with Gasteiger partial charge in [0.1, 0.15) is 12.2 Å². The summed E-state index contributed by atoms with van der Waals surface area (Å²) in [6.07, 6.45) is 9.09. The summed E-state index contributed by atoms with van der Waals surface area (Å²) < 4.78 is 1.82. The second-order valence-corrected chi connectivity index (χ2v) is 4.75. The lowest BCUT2D eigenvalue weighted by Crippen LogP contribution is -2.38. The molecule has 1 saturated carbocycles. The van der Waals surface area contributed by atoms with Gasteiger partial charge in [-0.1, -0.05) is 25.7 Å². The Morgan fingerprint density at radius 3 is 2.88 bits per heavy atom. The summed E-state index contributed by atoms with van der Waals surface area (Å²) in [5, 5.41) is 4.07.